The van der Waals surface area contributed by atoms with Gasteiger partial charge in [0.1, 0.15) is 5.82 Å². The zero-order chi connectivity index (χ0) is 13.8. The van der Waals surface area contributed by atoms with Gasteiger partial charge in [-0.2, -0.15) is 0 Å². The van der Waals surface area contributed by atoms with Gasteiger partial charge in [-0.15, -0.1) is 10.2 Å². The highest BCUT2D eigenvalue weighted by atomic mass is 32.2. The zero-order valence-electron chi connectivity index (χ0n) is 11.8. The Morgan fingerprint density at radius 3 is 2.79 bits per heavy atom. The maximum absolute atomic E-state index is 12.0. The molecule has 0 aromatic carbocycles. The first-order chi connectivity index (χ1) is 9.08. The molecule has 1 aromatic heterocycles. The first-order valence-electron chi connectivity index (χ1n) is 6.86. The molecule has 0 radical (unpaired) electrons. The molecule has 1 aromatic rings. The lowest BCUT2D eigenvalue weighted by Gasteiger charge is -2.29. The van der Waals surface area contributed by atoms with Gasteiger partial charge in [-0.3, -0.25) is 4.79 Å². The van der Waals surface area contributed by atoms with E-state index in [-0.39, 0.29) is 5.91 Å². The average Bonchev–Trinajstić information content (AvgIpc) is 2.70. The Balaban J connectivity index is 1.80. The smallest absolute Gasteiger partial charge is 0.230 e. The highest BCUT2D eigenvalue weighted by Gasteiger charge is 2.22. The summed E-state index contributed by atoms with van der Waals surface area (Å²) in [7, 11) is 1.92. The van der Waals surface area contributed by atoms with Crippen LogP contribution in [0.4, 0.5) is 0 Å². The van der Waals surface area contributed by atoms with Gasteiger partial charge in [0.05, 0.1) is 5.75 Å². The summed E-state index contributed by atoms with van der Waals surface area (Å²) >= 11 is 1.44. The summed E-state index contributed by atoms with van der Waals surface area (Å²) in [6.07, 6.45) is 4.85. The minimum atomic E-state index is 0.101. The summed E-state index contributed by atoms with van der Waals surface area (Å²) < 4.78 is 1.90. The Morgan fingerprint density at radius 2 is 2.16 bits per heavy atom. The van der Waals surface area contributed by atoms with Crippen LogP contribution in [0.2, 0.25) is 0 Å². The van der Waals surface area contributed by atoms with Crippen molar-refractivity contribution >= 4 is 17.7 Å². The largest absolute Gasteiger partial charge is 0.352 e. The predicted octanol–water partition coefficient (Wildman–Crippen LogP) is 1.91. The van der Waals surface area contributed by atoms with Crippen molar-refractivity contribution in [2.24, 2.45) is 13.0 Å². The number of carbonyl (C=O) groups is 1. The molecule has 0 bridgehead atoms. The summed E-state index contributed by atoms with van der Waals surface area (Å²) in [6.45, 7) is 4.13. The first-order valence-corrected chi connectivity index (χ1v) is 7.84. The number of thioether (sulfide) groups is 1. The van der Waals surface area contributed by atoms with Crippen LogP contribution in [-0.4, -0.2) is 32.5 Å². The number of aromatic nitrogens is 3. The summed E-state index contributed by atoms with van der Waals surface area (Å²) in [5.74, 6) is 1.97. The standard InChI is InChI=1S/C13H22N4OS/c1-9-6-4-5-7-11(9)14-12(18)8-19-13-16-15-10(2)17(13)3/h9,11H,4-8H2,1-3H3,(H,14,18)/t9-,11-/m0/s1. The molecule has 0 spiro atoms. The second kappa shape index (κ2) is 6.41. The van der Waals surface area contributed by atoms with Crippen LogP contribution in [0.5, 0.6) is 0 Å². The van der Waals surface area contributed by atoms with Crippen LogP contribution in [0.25, 0.3) is 0 Å². The maximum atomic E-state index is 12.0. The van der Waals surface area contributed by atoms with Gasteiger partial charge >= 0.3 is 0 Å². The van der Waals surface area contributed by atoms with Crippen LogP contribution >= 0.6 is 11.8 Å². The molecule has 1 aliphatic rings. The van der Waals surface area contributed by atoms with Gasteiger partial charge in [0.25, 0.3) is 0 Å². The minimum Gasteiger partial charge on any atom is -0.352 e. The van der Waals surface area contributed by atoms with Crippen LogP contribution in [0.3, 0.4) is 0 Å². The average molecular weight is 282 g/mol. The second-order valence-electron chi connectivity index (χ2n) is 5.31. The molecule has 1 fully saturated rings. The Morgan fingerprint density at radius 1 is 1.42 bits per heavy atom. The molecule has 2 atom stereocenters. The molecule has 1 heterocycles. The third kappa shape index (κ3) is 3.72. The normalized spacial score (nSPS) is 23.3. The predicted molar refractivity (Wildman–Crippen MR) is 76.0 cm³/mol. The van der Waals surface area contributed by atoms with Gasteiger partial charge in [0, 0.05) is 13.1 Å². The van der Waals surface area contributed by atoms with Gasteiger partial charge in [-0.05, 0) is 25.7 Å². The maximum Gasteiger partial charge on any atom is 0.230 e. The highest BCUT2D eigenvalue weighted by Crippen LogP contribution is 2.24. The van der Waals surface area contributed by atoms with E-state index in [9.17, 15) is 4.79 Å². The van der Waals surface area contributed by atoms with E-state index in [4.69, 9.17) is 0 Å². The van der Waals surface area contributed by atoms with Crippen LogP contribution in [0.15, 0.2) is 5.16 Å². The van der Waals surface area contributed by atoms with Gasteiger partial charge in [0.2, 0.25) is 5.91 Å². The van der Waals surface area contributed by atoms with E-state index in [0.717, 1.165) is 17.4 Å². The molecular weight excluding hydrogens is 260 g/mol. The molecule has 19 heavy (non-hydrogen) atoms. The number of hydrogen-bond acceptors (Lipinski definition) is 4. The lowest BCUT2D eigenvalue weighted by molar-refractivity contribution is -0.119. The number of amides is 1. The Labute approximate surface area is 118 Å². The summed E-state index contributed by atoms with van der Waals surface area (Å²) in [6, 6.07) is 0.350. The number of hydrogen-bond donors (Lipinski definition) is 1. The molecule has 1 amide bonds. The number of nitrogens with one attached hydrogen (secondary N) is 1. The molecule has 2 rings (SSSR count). The highest BCUT2D eigenvalue weighted by molar-refractivity contribution is 7.99. The van der Waals surface area contributed by atoms with E-state index in [1.807, 2.05) is 18.5 Å². The van der Waals surface area contributed by atoms with E-state index in [1.54, 1.807) is 0 Å². The van der Waals surface area contributed by atoms with Gasteiger partial charge in [-0.1, -0.05) is 31.5 Å². The quantitative estimate of drug-likeness (QED) is 0.857. The van der Waals surface area contributed by atoms with Gasteiger partial charge < -0.3 is 9.88 Å². The Kier molecular flexibility index (Phi) is 4.85. The Bertz CT molecular complexity index is 446. The molecule has 0 saturated heterocycles. The first kappa shape index (κ1) is 14.4. The van der Waals surface area contributed by atoms with Crippen molar-refractivity contribution in [2.75, 3.05) is 5.75 Å². The number of nitrogens with zero attached hydrogens (tertiary/aromatic N) is 3. The minimum absolute atomic E-state index is 0.101. The van der Waals surface area contributed by atoms with Gasteiger partial charge in [0.15, 0.2) is 5.16 Å². The number of aryl methyl sites for hydroxylation is 1. The zero-order valence-corrected chi connectivity index (χ0v) is 12.7. The van der Waals surface area contributed by atoms with Crippen molar-refractivity contribution in [3.05, 3.63) is 5.82 Å². The van der Waals surface area contributed by atoms with Crippen molar-refractivity contribution < 1.29 is 4.79 Å². The fourth-order valence-corrected chi connectivity index (χ4v) is 3.19. The van der Waals surface area contributed by atoms with Crippen molar-refractivity contribution in [1.82, 2.24) is 20.1 Å². The van der Waals surface area contributed by atoms with Crippen molar-refractivity contribution in [3.8, 4) is 0 Å². The number of carbonyl (C=O) groups excluding carboxylic acids is 1. The Hall–Kier alpha value is -1.04. The van der Waals surface area contributed by atoms with Crippen LogP contribution < -0.4 is 5.32 Å². The molecule has 0 aliphatic heterocycles. The molecule has 1 N–H and O–H groups in total. The topological polar surface area (TPSA) is 59.8 Å². The molecule has 0 unspecified atom stereocenters. The molecule has 6 heteroatoms. The van der Waals surface area contributed by atoms with E-state index < -0.39 is 0 Å². The molecular formula is C13H22N4OS. The summed E-state index contributed by atoms with van der Waals surface area (Å²) in [5, 5.41) is 12.0. The summed E-state index contributed by atoms with van der Waals surface area (Å²) in [5.41, 5.74) is 0. The lowest BCUT2D eigenvalue weighted by Crippen LogP contribution is -2.41. The van der Waals surface area contributed by atoms with E-state index >= 15 is 0 Å². The monoisotopic (exact) mass is 282 g/mol. The van der Waals surface area contributed by atoms with Crippen LogP contribution in [0.1, 0.15) is 38.4 Å². The van der Waals surface area contributed by atoms with Crippen LogP contribution in [0, 0.1) is 12.8 Å². The van der Waals surface area contributed by atoms with Crippen molar-refractivity contribution in [1.29, 1.82) is 0 Å². The van der Waals surface area contributed by atoms with Crippen molar-refractivity contribution in [2.45, 2.75) is 50.7 Å². The lowest BCUT2D eigenvalue weighted by atomic mass is 9.86. The summed E-state index contributed by atoms with van der Waals surface area (Å²) in [4.78, 5) is 12.0. The van der Waals surface area contributed by atoms with E-state index in [0.29, 0.717) is 17.7 Å². The SMILES string of the molecule is Cc1nnc(SCC(=O)N[C@H]2CCCC[C@@H]2C)n1C. The van der Waals surface area contributed by atoms with E-state index in [1.165, 1.54) is 31.0 Å². The van der Waals surface area contributed by atoms with Crippen molar-refractivity contribution in [3.63, 3.8) is 0 Å². The molecule has 106 valence electrons. The molecule has 1 saturated carbocycles. The number of rotatable bonds is 4. The van der Waals surface area contributed by atoms with E-state index in [2.05, 4.69) is 22.4 Å². The molecule has 1 aliphatic carbocycles. The van der Waals surface area contributed by atoms with Crippen LogP contribution in [-0.2, 0) is 11.8 Å². The second-order valence-corrected chi connectivity index (χ2v) is 6.26. The third-order valence-electron chi connectivity index (χ3n) is 3.84. The third-order valence-corrected chi connectivity index (χ3v) is 4.86. The fraction of sp³-hybridized carbons (Fsp3) is 0.769. The van der Waals surface area contributed by atoms with Gasteiger partial charge in [-0.25, -0.2) is 0 Å². The fourth-order valence-electron chi connectivity index (χ4n) is 2.42. The molecule has 5 nitrogen and oxygen atoms in total.